The van der Waals surface area contributed by atoms with Gasteiger partial charge in [-0.1, -0.05) is 73.7 Å². The Morgan fingerprint density at radius 1 is 0.944 bits per heavy atom. The van der Waals surface area contributed by atoms with Crippen LogP contribution in [0.1, 0.15) is 53.2 Å². The minimum Gasteiger partial charge on any atom is -0.393 e. The van der Waals surface area contributed by atoms with Gasteiger partial charge in [0, 0.05) is 30.3 Å². The molecule has 0 aliphatic rings. The van der Waals surface area contributed by atoms with Gasteiger partial charge in [-0.25, -0.2) is 4.98 Å². The number of carbonyl (C=O) groups excluding carboxylic acids is 2. The van der Waals surface area contributed by atoms with Gasteiger partial charge in [0.15, 0.2) is 0 Å². The van der Waals surface area contributed by atoms with Crippen LogP contribution in [0.4, 0.5) is 0 Å². The maximum absolute atomic E-state index is 13.5. The highest BCUT2D eigenvalue weighted by Gasteiger charge is 2.20. The number of Topliss-reactive ketones (excluding diaryl/α,β-unsaturated/α-hetero) is 1. The van der Waals surface area contributed by atoms with Crippen LogP contribution in [0.5, 0.6) is 0 Å². The predicted molar refractivity (Wildman–Crippen MR) is 144 cm³/mol. The van der Waals surface area contributed by atoms with Crippen molar-refractivity contribution in [2.24, 2.45) is 0 Å². The van der Waals surface area contributed by atoms with Crippen molar-refractivity contribution >= 4 is 22.6 Å². The molecule has 1 heterocycles. The first kappa shape index (κ1) is 25.3. The molecule has 0 saturated heterocycles. The maximum Gasteiger partial charge on any atom is 0.252 e. The highest BCUT2D eigenvalue weighted by molar-refractivity contribution is 6.09. The van der Waals surface area contributed by atoms with Crippen LogP contribution < -0.4 is 5.32 Å². The summed E-state index contributed by atoms with van der Waals surface area (Å²) in [6.07, 6.45) is 1.25. The van der Waals surface area contributed by atoms with E-state index in [1.54, 1.807) is 0 Å². The van der Waals surface area contributed by atoms with E-state index in [9.17, 15) is 14.7 Å². The highest BCUT2D eigenvalue weighted by atomic mass is 16.3. The second-order valence-corrected chi connectivity index (χ2v) is 9.16. The number of ketones is 1. The third-order valence-electron chi connectivity index (χ3n) is 6.49. The number of pyridine rings is 1. The third kappa shape index (κ3) is 6.04. The topological polar surface area (TPSA) is 79.3 Å². The fourth-order valence-electron chi connectivity index (χ4n) is 4.40. The Balaban J connectivity index is 1.71. The standard InChI is InChI=1S/C31H32N2O3/c1-3-25(34)15-16-26(35)18-23-14-17-28-27(19-23)29(31(36)32-20-22-10-6-4-7-11-22)21(2)30(33-28)24-12-8-5-9-13-24/h4-14,17,19,25,34H,3,15-16,18,20H2,1-2H3,(H,32,36)/t25-/m1/s1. The van der Waals surface area contributed by atoms with Crippen LogP contribution in [0.3, 0.4) is 0 Å². The smallest absolute Gasteiger partial charge is 0.252 e. The summed E-state index contributed by atoms with van der Waals surface area (Å²) in [6, 6.07) is 25.4. The number of nitrogens with zero attached hydrogens (tertiary/aromatic N) is 1. The zero-order chi connectivity index (χ0) is 25.5. The summed E-state index contributed by atoms with van der Waals surface area (Å²) in [5.41, 5.74) is 5.66. The Labute approximate surface area is 212 Å². The fourth-order valence-corrected chi connectivity index (χ4v) is 4.40. The first-order chi connectivity index (χ1) is 17.5. The van der Waals surface area contributed by atoms with Gasteiger partial charge in [-0.2, -0.15) is 0 Å². The number of aromatic nitrogens is 1. The van der Waals surface area contributed by atoms with Crippen LogP contribution >= 0.6 is 0 Å². The van der Waals surface area contributed by atoms with Crippen molar-refractivity contribution < 1.29 is 14.7 Å². The number of aliphatic hydroxyl groups is 1. The molecule has 1 amide bonds. The number of hydrogen-bond acceptors (Lipinski definition) is 4. The van der Waals surface area contributed by atoms with Crippen molar-refractivity contribution in [3.63, 3.8) is 0 Å². The van der Waals surface area contributed by atoms with E-state index in [0.29, 0.717) is 36.9 Å². The van der Waals surface area contributed by atoms with Crippen LogP contribution in [0.15, 0.2) is 78.9 Å². The van der Waals surface area contributed by atoms with E-state index in [1.807, 2.05) is 92.7 Å². The molecule has 5 nitrogen and oxygen atoms in total. The number of aliphatic hydroxyl groups excluding tert-OH is 1. The first-order valence-electron chi connectivity index (χ1n) is 12.5. The van der Waals surface area contributed by atoms with E-state index < -0.39 is 6.10 Å². The Morgan fingerprint density at radius 3 is 2.33 bits per heavy atom. The SMILES string of the molecule is CC[C@@H](O)CCC(=O)Cc1ccc2nc(-c3ccccc3)c(C)c(C(=O)NCc3ccccc3)c2c1. The van der Waals surface area contributed by atoms with E-state index in [2.05, 4.69) is 5.32 Å². The van der Waals surface area contributed by atoms with Gasteiger partial charge in [-0.3, -0.25) is 9.59 Å². The molecule has 0 spiro atoms. The number of hydrogen-bond donors (Lipinski definition) is 2. The lowest BCUT2D eigenvalue weighted by atomic mass is 9.94. The van der Waals surface area contributed by atoms with Crippen LogP contribution in [0.2, 0.25) is 0 Å². The minimum atomic E-state index is -0.450. The first-order valence-corrected chi connectivity index (χ1v) is 12.5. The summed E-state index contributed by atoms with van der Waals surface area (Å²) in [4.78, 5) is 31.0. The molecule has 0 saturated carbocycles. The lowest BCUT2D eigenvalue weighted by Crippen LogP contribution is -2.24. The second kappa shape index (κ2) is 11.7. The summed E-state index contributed by atoms with van der Waals surface area (Å²) < 4.78 is 0. The number of benzene rings is 3. The Kier molecular flexibility index (Phi) is 8.24. The molecule has 1 aromatic heterocycles. The second-order valence-electron chi connectivity index (χ2n) is 9.16. The van der Waals surface area contributed by atoms with Crippen molar-refractivity contribution in [2.45, 2.75) is 52.2 Å². The lowest BCUT2D eigenvalue weighted by Gasteiger charge is -2.16. The molecule has 4 rings (SSSR count). The molecule has 0 unspecified atom stereocenters. The minimum absolute atomic E-state index is 0.0718. The summed E-state index contributed by atoms with van der Waals surface area (Å²) in [5.74, 6) is -0.0991. The quantitative estimate of drug-likeness (QED) is 0.301. The summed E-state index contributed by atoms with van der Waals surface area (Å²) in [6.45, 7) is 4.25. The van der Waals surface area contributed by atoms with Gasteiger partial charge in [0.05, 0.1) is 22.9 Å². The monoisotopic (exact) mass is 480 g/mol. The van der Waals surface area contributed by atoms with E-state index in [0.717, 1.165) is 33.3 Å². The van der Waals surface area contributed by atoms with Crippen LogP contribution in [0.25, 0.3) is 22.2 Å². The number of rotatable bonds is 10. The normalized spacial score (nSPS) is 11.9. The summed E-state index contributed by atoms with van der Waals surface area (Å²) >= 11 is 0. The van der Waals surface area contributed by atoms with E-state index in [4.69, 9.17) is 4.98 Å². The predicted octanol–water partition coefficient (Wildman–Crippen LogP) is 5.80. The summed E-state index contributed by atoms with van der Waals surface area (Å²) in [7, 11) is 0. The molecule has 36 heavy (non-hydrogen) atoms. The molecule has 3 aromatic carbocycles. The van der Waals surface area contributed by atoms with Gasteiger partial charge in [-0.15, -0.1) is 0 Å². The molecule has 0 aliphatic carbocycles. The molecule has 0 radical (unpaired) electrons. The van der Waals surface area contributed by atoms with Crippen LogP contribution in [0, 0.1) is 6.92 Å². The average Bonchev–Trinajstić information content (AvgIpc) is 2.91. The van der Waals surface area contributed by atoms with E-state index >= 15 is 0 Å². The molecular weight excluding hydrogens is 448 g/mol. The van der Waals surface area contributed by atoms with Crippen molar-refractivity contribution in [1.29, 1.82) is 0 Å². The number of nitrogens with one attached hydrogen (secondary N) is 1. The highest BCUT2D eigenvalue weighted by Crippen LogP contribution is 2.30. The third-order valence-corrected chi connectivity index (χ3v) is 6.49. The Bertz CT molecular complexity index is 1350. The van der Waals surface area contributed by atoms with E-state index in [1.165, 1.54) is 0 Å². The van der Waals surface area contributed by atoms with Gasteiger partial charge in [0.2, 0.25) is 0 Å². The zero-order valence-corrected chi connectivity index (χ0v) is 20.8. The van der Waals surface area contributed by atoms with Gasteiger partial charge in [0.25, 0.3) is 5.91 Å². The largest absolute Gasteiger partial charge is 0.393 e. The molecule has 0 fully saturated rings. The molecule has 1 atom stereocenters. The van der Waals surface area contributed by atoms with Gasteiger partial charge >= 0.3 is 0 Å². The fraction of sp³-hybridized carbons (Fsp3) is 0.258. The molecule has 2 N–H and O–H groups in total. The molecule has 4 aromatic rings. The molecule has 184 valence electrons. The summed E-state index contributed by atoms with van der Waals surface area (Å²) in [5, 5.41) is 13.6. The van der Waals surface area contributed by atoms with E-state index in [-0.39, 0.29) is 18.1 Å². The molecule has 5 heteroatoms. The van der Waals surface area contributed by atoms with Gasteiger partial charge < -0.3 is 10.4 Å². The molecular formula is C31H32N2O3. The van der Waals surface area contributed by atoms with Crippen LogP contribution in [-0.4, -0.2) is 27.9 Å². The zero-order valence-electron chi connectivity index (χ0n) is 20.8. The van der Waals surface area contributed by atoms with Gasteiger partial charge in [-0.05, 0) is 48.6 Å². The molecule has 0 aliphatic heterocycles. The average molecular weight is 481 g/mol. The van der Waals surface area contributed by atoms with Crippen molar-refractivity contribution in [2.75, 3.05) is 0 Å². The van der Waals surface area contributed by atoms with Gasteiger partial charge in [0.1, 0.15) is 5.78 Å². The number of amides is 1. The molecule has 0 bridgehead atoms. The number of fused-ring (bicyclic) bond motifs is 1. The number of carbonyl (C=O) groups is 2. The van der Waals surface area contributed by atoms with Crippen molar-refractivity contribution in [3.05, 3.63) is 101 Å². The van der Waals surface area contributed by atoms with Crippen molar-refractivity contribution in [1.82, 2.24) is 10.3 Å². The Morgan fingerprint density at radius 2 is 1.64 bits per heavy atom. The van der Waals surface area contributed by atoms with Crippen molar-refractivity contribution in [3.8, 4) is 11.3 Å². The lowest BCUT2D eigenvalue weighted by molar-refractivity contribution is -0.119. The Hall–Kier alpha value is -3.83. The van der Waals surface area contributed by atoms with Crippen LogP contribution in [-0.2, 0) is 17.8 Å². The maximum atomic E-state index is 13.5.